The zero-order valence-corrected chi connectivity index (χ0v) is 19.5. The van der Waals surface area contributed by atoms with E-state index in [1.54, 1.807) is 23.4 Å². The van der Waals surface area contributed by atoms with Gasteiger partial charge in [-0.2, -0.15) is 5.10 Å². The first-order chi connectivity index (χ1) is 16.6. The Balaban J connectivity index is 1.15. The fraction of sp³-hybridized carbons (Fsp3) is 0.520. The number of fused-ring (bicyclic) bond motifs is 2. The number of anilines is 1. The van der Waals surface area contributed by atoms with Crippen molar-refractivity contribution in [1.29, 1.82) is 0 Å². The second kappa shape index (κ2) is 8.54. The van der Waals surface area contributed by atoms with Crippen LogP contribution in [0.25, 0.3) is 0 Å². The van der Waals surface area contributed by atoms with Crippen LogP contribution < -0.4 is 10.2 Å². The third kappa shape index (κ3) is 3.98. The molecule has 9 heteroatoms. The van der Waals surface area contributed by atoms with Crippen LogP contribution >= 0.6 is 0 Å². The number of aliphatic hydroxyl groups is 1. The van der Waals surface area contributed by atoms with E-state index in [0.29, 0.717) is 18.5 Å². The third-order valence-corrected chi connectivity index (χ3v) is 7.55. The molecule has 3 atom stereocenters. The van der Waals surface area contributed by atoms with Gasteiger partial charge in [-0.3, -0.25) is 9.48 Å². The molecule has 2 unspecified atom stereocenters. The van der Waals surface area contributed by atoms with Crippen LogP contribution in [0.3, 0.4) is 0 Å². The molecule has 3 aromatic rings. The van der Waals surface area contributed by atoms with Crippen LogP contribution in [0.1, 0.15) is 58.3 Å². The Morgan fingerprint density at radius 1 is 1.26 bits per heavy atom. The lowest BCUT2D eigenvalue weighted by atomic mass is 10.1. The largest absolute Gasteiger partial charge is 0.396 e. The van der Waals surface area contributed by atoms with Crippen LogP contribution in [-0.2, 0) is 26.4 Å². The molecule has 1 saturated carbocycles. The number of carbonyl (C=O) groups is 1. The van der Waals surface area contributed by atoms with Gasteiger partial charge in [0.15, 0.2) is 0 Å². The minimum absolute atomic E-state index is 0.0505. The van der Waals surface area contributed by atoms with Crippen molar-refractivity contribution in [1.82, 2.24) is 29.6 Å². The van der Waals surface area contributed by atoms with E-state index < -0.39 is 0 Å². The van der Waals surface area contributed by atoms with Crippen molar-refractivity contribution in [3.05, 3.63) is 59.1 Å². The summed E-state index contributed by atoms with van der Waals surface area (Å²) in [5.74, 6) is 2.61. The maximum atomic E-state index is 12.9. The number of piperidine rings is 1. The van der Waals surface area contributed by atoms with E-state index in [-0.39, 0.29) is 18.6 Å². The first-order valence-electron chi connectivity index (χ1n) is 12.3. The van der Waals surface area contributed by atoms with Crippen LogP contribution in [0.5, 0.6) is 0 Å². The molecule has 6 rings (SSSR count). The van der Waals surface area contributed by atoms with Crippen LogP contribution in [0.2, 0.25) is 0 Å². The first-order valence-corrected chi connectivity index (χ1v) is 12.3. The zero-order valence-electron chi connectivity index (χ0n) is 19.5. The van der Waals surface area contributed by atoms with Gasteiger partial charge in [0.05, 0.1) is 36.4 Å². The van der Waals surface area contributed by atoms with Gasteiger partial charge in [0, 0.05) is 44.3 Å². The molecule has 0 bridgehead atoms. The Morgan fingerprint density at radius 2 is 2.12 bits per heavy atom. The zero-order chi connectivity index (χ0) is 23.2. The Morgan fingerprint density at radius 3 is 2.94 bits per heavy atom. The molecule has 2 N–H and O–H groups in total. The van der Waals surface area contributed by atoms with E-state index in [1.165, 1.54) is 12.1 Å². The Hall–Kier alpha value is -3.20. The van der Waals surface area contributed by atoms with E-state index in [9.17, 15) is 9.90 Å². The fourth-order valence-electron chi connectivity index (χ4n) is 5.50. The molecular formula is C25H31N7O2. The highest BCUT2D eigenvalue weighted by Gasteiger charge is 2.45. The number of aromatic nitrogens is 5. The van der Waals surface area contributed by atoms with Crippen LogP contribution in [0.15, 0.2) is 30.9 Å². The maximum Gasteiger partial charge on any atom is 0.255 e. The molecule has 0 radical (unpaired) electrons. The quantitative estimate of drug-likeness (QED) is 0.531. The van der Waals surface area contributed by atoms with Crippen molar-refractivity contribution in [3.63, 3.8) is 0 Å². The van der Waals surface area contributed by atoms with E-state index >= 15 is 0 Å². The smallest absolute Gasteiger partial charge is 0.255 e. The highest BCUT2D eigenvalue weighted by Crippen LogP contribution is 2.46. The second-order valence-corrected chi connectivity index (χ2v) is 9.94. The average Bonchev–Trinajstić information content (AvgIpc) is 3.30. The molecular weight excluding hydrogens is 430 g/mol. The maximum absolute atomic E-state index is 12.9. The van der Waals surface area contributed by atoms with Crippen LogP contribution in [0.4, 0.5) is 5.82 Å². The number of aryl methyl sites for hydroxylation is 2. The normalized spacial score (nSPS) is 22.6. The summed E-state index contributed by atoms with van der Waals surface area (Å²) in [5.41, 5.74) is 4.78. The molecule has 4 heterocycles. The second-order valence-electron chi connectivity index (χ2n) is 9.94. The number of carbonyl (C=O) groups excluding carboxylic acids is 1. The SMILES string of the molecule is Cn1cnc2c1CC[C@H]2NC(=O)c1cnn(Cc2ccc(N3CC4CC4C3)nc2CCCO)c1. The van der Waals surface area contributed by atoms with Crippen molar-refractivity contribution in [3.8, 4) is 0 Å². The number of aliphatic hydroxyl groups excluding tert-OH is 1. The topological polar surface area (TPSA) is 101 Å². The summed E-state index contributed by atoms with van der Waals surface area (Å²) in [7, 11) is 1.99. The average molecular weight is 462 g/mol. The van der Waals surface area contributed by atoms with Gasteiger partial charge >= 0.3 is 0 Å². The standard InChI is InChI=1S/C25H31N7O2/c1-30-15-26-24-21(5-6-22(24)30)29-25(34)19-10-27-32(14-19)13-16-4-7-23(28-20(16)3-2-8-33)31-11-17-9-18(17)12-31/h4,7,10,14-15,17-18,21,33H,2-3,5-6,8-9,11-13H2,1H3,(H,29,34)/t17?,18?,21-/m1/s1. The molecule has 1 amide bonds. The number of pyridine rings is 1. The Labute approximate surface area is 198 Å². The molecule has 2 aliphatic carbocycles. The molecule has 1 saturated heterocycles. The van der Waals surface area contributed by atoms with Crippen molar-refractivity contribution < 1.29 is 9.90 Å². The van der Waals surface area contributed by atoms with Gasteiger partial charge < -0.3 is 19.9 Å². The summed E-state index contributed by atoms with van der Waals surface area (Å²) >= 11 is 0. The number of hydrogen-bond donors (Lipinski definition) is 2. The monoisotopic (exact) mass is 461 g/mol. The summed E-state index contributed by atoms with van der Waals surface area (Å²) in [4.78, 5) is 24.7. The lowest BCUT2D eigenvalue weighted by molar-refractivity contribution is 0.0936. The van der Waals surface area contributed by atoms with Crippen molar-refractivity contribution in [2.24, 2.45) is 18.9 Å². The summed E-state index contributed by atoms with van der Waals surface area (Å²) in [5, 5.41) is 16.9. The summed E-state index contributed by atoms with van der Waals surface area (Å²) in [6, 6.07) is 4.18. The molecule has 178 valence electrons. The predicted octanol–water partition coefficient (Wildman–Crippen LogP) is 1.86. The number of hydrogen-bond acceptors (Lipinski definition) is 6. The van der Waals surface area contributed by atoms with Gasteiger partial charge in [-0.05, 0) is 55.6 Å². The lowest BCUT2D eigenvalue weighted by Crippen LogP contribution is -2.27. The Kier molecular flexibility index (Phi) is 5.36. The van der Waals surface area contributed by atoms with Gasteiger partial charge in [-0.25, -0.2) is 9.97 Å². The van der Waals surface area contributed by atoms with Crippen molar-refractivity contribution in [2.45, 2.75) is 44.7 Å². The van der Waals surface area contributed by atoms with E-state index in [2.05, 4.69) is 32.4 Å². The lowest BCUT2D eigenvalue weighted by Gasteiger charge is -2.21. The van der Waals surface area contributed by atoms with E-state index in [4.69, 9.17) is 4.98 Å². The molecule has 9 nitrogen and oxygen atoms in total. The summed E-state index contributed by atoms with van der Waals surface area (Å²) < 4.78 is 3.82. The molecule has 34 heavy (non-hydrogen) atoms. The van der Waals surface area contributed by atoms with E-state index in [1.807, 2.05) is 11.6 Å². The summed E-state index contributed by atoms with van der Waals surface area (Å²) in [6.07, 6.45) is 9.79. The van der Waals surface area contributed by atoms with Crippen LogP contribution in [0, 0.1) is 11.8 Å². The highest BCUT2D eigenvalue weighted by molar-refractivity contribution is 5.94. The summed E-state index contributed by atoms with van der Waals surface area (Å²) in [6.45, 7) is 2.90. The highest BCUT2D eigenvalue weighted by atomic mass is 16.3. The van der Waals surface area contributed by atoms with Gasteiger partial charge in [-0.15, -0.1) is 0 Å². The minimum atomic E-state index is -0.128. The van der Waals surface area contributed by atoms with Gasteiger partial charge in [0.25, 0.3) is 5.91 Å². The molecule has 3 aromatic heterocycles. The number of rotatable bonds is 8. The first kappa shape index (κ1) is 21.3. The molecule has 0 aromatic carbocycles. The fourth-order valence-corrected chi connectivity index (χ4v) is 5.50. The number of nitrogens with one attached hydrogen (secondary N) is 1. The van der Waals surface area contributed by atoms with Gasteiger partial charge in [0.1, 0.15) is 5.82 Å². The van der Waals surface area contributed by atoms with Crippen LogP contribution in [-0.4, -0.2) is 55.0 Å². The molecule has 3 aliphatic rings. The van der Waals surface area contributed by atoms with Crippen molar-refractivity contribution in [2.75, 3.05) is 24.6 Å². The molecule has 1 aliphatic heterocycles. The molecule has 0 spiro atoms. The Bertz CT molecular complexity index is 1210. The number of imidazole rings is 1. The molecule has 2 fully saturated rings. The number of amides is 1. The van der Waals surface area contributed by atoms with E-state index in [0.717, 1.165) is 67.0 Å². The third-order valence-electron chi connectivity index (χ3n) is 7.55. The minimum Gasteiger partial charge on any atom is -0.396 e. The predicted molar refractivity (Wildman–Crippen MR) is 127 cm³/mol. The number of nitrogens with zero attached hydrogens (tertiary/aromatic N) is 6. The van der Waals surface area contributed by atoms with Crippen molar-refractivity contribution >= 4 is 11.7 Å². The van der Waals surface area contributed by atoms with Gasteiger partial charge in [-0.1, -0.05) is 6.07 Å². The van der Waals surface area contributed by atoms with Gasteiger partial charge in [0.2, 0.25) is 0 Å².